The van der Waals surface area contributed by atoms with Crippen LogP contribution in [0.5, 0.6) is 0 Å². The molecule has 2 aromatic heterocycles. The molecule has 3 heterocycles. The third-order valence-electron chi connectivity index (χ3n) is 4.32. The van der Waals surface area contributed by atoms with Crippen LogP contribution in [0.1, 0.15) is 12.5 Å². The molecule has 122 valence electrons. The molecule has 3 aromatic rings. The molecule has 1 aromatic carbocycles. The van der Waals surface area contributed by atoms with Crippen molar-refractivity contribution < 1.29 is 4.79 Å². The zero-order chi connectivity index (χ0) is 16.5. The molecule has 4 rings (SSSR count). The summed E-state index contributed by atoms with van der Waals surface area (Å²) in [5, 5.41) is 8.77. The van der Waals surface area contributed by atoms with Gasteiger partial charge in [0.15, 0.2) is 0 Å². The minimum atomic E-state index is -0.196. The first-order valence-corrected chi connectivity index (χ1v) is 7.80. The smallest absolute Gasteiger partial charge is 0.261 e. The SMILES string of the molecule is O=C(Cn1cnc2ccccc2c1=O)N1CCC(n2nccn2)C1. The van der Waals surface area contributed by atoms with E-state index in [2.05, 4.69) is 15.2 Å². The largest absolute Gasteiger partial charge is 0.339 e. The third-order valence-corrected chi connectivity index (χ3v) is 4.32. The summed E-state index contributed by atoms with van der Waals surface area (Å²) in [5.74, 6) is -0.0937. The van der Waals surface area contributed by atoms with Gasteiger partial charge in [0.1, 0.15) is 6.54 Å². The van der Waals surface area contributed by atoms with Gasteiger partial charge < -0.3 is 4.90 Å². The van der Waals surface area contributed by atoms with Crippen molar-refractivity contribution in [2.24, 2.45) is 0 Å². The van der Waals surface area contributed by atoms with Crippen molar-refractivity contribution in [3.63, 3.8) is 0 Å². The number of benzene rings is 1. The topological polar surface area (TPSA) is 85.9 Å². The fraction of sp³-hybridized carbons (Fsp3) is 0.312. The molecule has 0 radical (unpaired) electrons. The summed E-state index contributed by atoms with van der Waals surface area (Å²) in [7, 11) is 0. The molecular weight excluding hydrogens is 308 g/mol. The van der Waals surface area contributed by atoms with E-state index in [0.29, 0.717) is 24.0 Å². The van der Waals surface area contributed by atoms with Crippen LogP contribution in [0.3, 0.4) is 0 Å². The third kappa shape index (κ3) is 2.55. The number of para-hydroxylation sites is 1. The fourth-order valence-electron chi connectivity index (χ4n) is 3.04. The predicted molar refractivity (Wildman–Crippen MR) is 86.3 cm³/mol. The minimum absolute atomic E-state index is 0.00404. The molecule has 0 aliphatic carbocycles. The van der Waals surface area contributed by atoms with Crippen LogP contribution in [0, 0.1) is 0 Å². The molecule has 0 bridgehead atoms. The molecule has 1 saturated heterocycles. The van der Waals surface area contributed by atoms with Crippen LogP contribution < -0.4 is 5.56 Å². The van der Waals surface area contributed by atoms with Gasteiger partial charge in [0.2, 0.25) is 5.91 Å². The lowest BCUT2D eigenvalue weighted by Crippen LogP contribution is -2.35. The Morgan fingerprint density at radius 3 is 2.83 bits per heavy atom. The van der Waals surface area contributed by atoms with Crippen LogP contribution in [0.25, 0.3) is 10.9 Å². The highest BCUT2D eigenvalue weighted by Gasteiger charge is 2.28. The van der Waals surface area contributed by atoms with E-state index < -0.39 is 0 Å². The Hall–Kier alpha value is -3.03. The Labute approximate surface area is 137 Å². The molecular formula is C16H16N6O2. The number of hydrogen-bond acceptors (Lipinski definition) is 5. The zero-order valence-electron chi connectivity index (χ0n) is 12.9. The summed E-state index contributed by atoms with van der Waals surface area (Å²) in [6, 6.07) is 7.22. The number of nitrogens with zero attached hydrogens (tertiary/aromatic N) is 6. The van der Waals surface area contributed by atoms with Gasteiger partial charge in [0.05, 0.1) is 35.7 Å². The van der Waals surface area contributed by atoms with Gasteiger partial charge in [-0.05, 0) is 18.6 Å². The zero-order valence-corrected chi connectivity index (χ0v) is 12.9. The number of likely N-dealkylation sites (tertiary alicyclic amines) is 1. The standard InChI is InChI=1S/C16H16N6O2/c23-15(20-8-5-12(9-20)22-18-6-7-19-22)10-21-11-17-14-4-2-1-3-13(14)16(21)24/h1-4,6-7,11-12H,5,8-10H2. The summed E-state index contributed by atoms with van der Waals surface area (Å²) in [6.45, 7) is 1.19. The molecule has 0 spiro atoms. The first-order chi connectivity index (χ1) is 11.7. The Morgan fingerprint density at radius 2 is 2.00 bits per heavy atom. The maximum Gasteiger partial charge on any atom is 0.261 e. The summed E-state index contributed by atoms with van der Waals surface area (Å²) in [6.07, 6.45) is 5.51. The van der Waals surface area contributed by atoms with E-state index in [1.54, 1.807) is 40.3 Å². The van der Waals surface area contributed by atoms with Gasteiger partial charge in [-0.25, -0.2) is 4.98 Å². The number of aromatic nitrogens is 5. The summed E-state index contributed by atoms with van der Waals surface area (Å²) >= 11 is 0. The van der Waals surface area contributed by atoms with E-state index in [9.17, 15) is 9.59 Å². The molecule has 1 aliphatic rings. The summed E-state index contributed by atoms with van der Waals surface area (Å²) < 4.78 is 1.37. The van der Waals surface area contributed by atoms with Gasteiger partial charge >= 0.3 is 0 Å². The molecule has 1 fully saturated rings. The molecule has 1 atom stereocenters. The second kappa shape index (κ2) is 5.88. The van der Waals surface area contributed by atoms with Gasteiger partial charge in [-0.3, -0.25) is 14.2 Å². The van der Waals surface area contributed by atoms with E-state index in [0.717, 1.165) is 6.42 Å². The molecule has 1 aliphatic heterocycles. The van der Waals surface area contributed by atoms with Crippen molar-refractivity contribution >= 4 is 16.8 Å². The lowest BCUT2D eigenvalue weighted by molar-refractivity contribution is -0.130. The molecule has 8 nitrogen and oxygen atoms in total. The van der Waals surface area contributed by atoms with Crippen molar-refractivity contribution in [3.8, 4) is 0 Å². The second-order valence-corrected chi connectivity index (χ2v) is 5.83. The van der Waals surface area contributed by atoms with Crippen molar-refractivity contribution in [2.45, 2.75) is 19.0 Å². The molecule has 8 heteroatoms. The normalized spacial score (nSPS) is 17.5. The summed E-state index contributed by atoms with van der Waals surface area (Å²) in [4.78, 5) is 32.6. The maximum absolute atomic E-state index is 12.5. The van der Waals surface area contributed by atoms with Crippen molar-refractivity contribution in [2.75, 3.05) is 13.1 Å². The Bertz CT molecular complexity index is 933. The van der Waals surface area contributed by atoms with Gasteiger partial charge in [0, 0.05) is 13.1 Å². The Kier molecular flexibility index (Phi) is 3.56. The first kappa shape index (κ1) is 14.6. The van der Waals surface area contributed by atoms with Crippen molar-refractivity contribution in [1.29, 1.82) is 0 Å². The Balaban J connectivity index is 1.51. The van der Waals surface area contributed by atoms with Crippen molar-refractivity contribution in [1.82, 2.24) is 29.4 Å². The van der Waals surface area contributed by atoms with Crippen LogP contribution in [0.15, 0.2) is 47.8 Å². The molecule has 0 N–H and O–H groups in total. The predicted octanol–water partition coefficient (Wildman–Crippen LogP) is 0.462. The lowest BCUT2D eigenvalue weighted by atomic mass is 10.2. The first-order valence-electron chi connectivity index (χ1n) is 7.80. The average Bonchev–Trinajstić information content (AvgIpc) is 3.28. The van der Waals surface area contributed by atoms with Gasteiger partial charge in [0.25, 0.3) is 5.56 Å². The number of carbonyl (C=O) groups excluding carboxylic acids is 1. The van der Waals surface area contributed by atoms with E-state index in [-0.39, 0.29) is 24.1 Å². The van der Waals surface area contributed by atoms with E-state index in [1.165, 1.54) is 10.9 Å². The van der Waals surface area contributed by atoms with E-state index >= 15 is 0 Å². The monoisotopic (exact) mass is 324 g/mol. The lowest BCUT2D eigenvalue weighted by Gasteiger charge is -2.17. The number of hydrogen-bond donors (Lipinski definition) is 0. The average molecular weight is 324 g/mol. The maximum atomic E-state index is 12.5. The van der Waals surface area contributed by atoms with Crippen molar-refractivity contribution in [3.05, 3.63) is 53.3 Å². The second-order valence-electron chi connectivity index (χ2n) is 5.83. The van der Waals surface area contributed by atoms with Gasteiger partial charge in [-0.2, -0.15) is 15.0 Å². The molecule has 0 saturated carbocycles. The highest BCUT2D eigenvalue weighted by molar-refractivity contribution is 5.79. The van der Waals surface area contributed by atoms with Crippen LogP contribution >= 0.6 is 0 Å². The van der Waals surface area contributed by atoms with Crippen LogP contribution in [0.2, 0.25) is 0 Å². The van der Waals surface area contributed by atoms with Gasteiger partial charge in [-0.15, -0.1) is 0 Å². The minimum Gasteiger partial charge on any atom is -0.339 e. The van der Waals surface area contributed by atoms with Crippen LogP contribution in [-0.2, 0) is 11.3 Å². The quantitative estimate of drug-likeness (QED) is 0.699. The molecule has 24 heavy (non-hydrogen) atoms. The van der Waals surface area contributed by atoms with E-state index in [1.807, 2.05) is 6.07 Å². The Morgan fingerprint density at radius 1 is 1.21 bits per heavy atom. The van der Waals surface area contributed by atoms with Crippen LogP contribution in [0.4, 0.5) is 0 Å². The highest BCUT2D eigenvalue weighted by Crippen LogP contribution is 2.19. The van der Waals surface area contributed by atoms with Crippen LogP contribution in [-0.4, -0.2) is 48.4 Å². The summed E-state index contributed by atoms with van der Waals surface area (Å²) in [5.41, 5.74) is 0.440. The number of amides is 1. The molecule has 1 amide bonds. The highest BCUT2D eigenvalue weighted by atomic mass is 16.2. The fourth-order valence-corrected chi connectivity index (χ4v) is 3.04. The number of fused-ring (bicyclic) bond motifs is 1. The number of carbonyl (C=O) groups is 1. The van der Waals surface area contributed by atoms with Gasteiger partial charge in [-0.1, -0.05) is 12.1 Å². The van der Waals surface area contributed by atoms with E-state index in [4.69, 9.17) is 0 Å². The number of rotatable bonds is 3. The molecule has 1 unspecified atom stereocenters.